The molecular weight excluding hydrogens is 650 g/mol. The Hall–Kier alpha value is -2.98. The smallest absolute Gasteiger partial charge is 0.315 e. The van der Waals surface area contributed by atoms with Crippen LogP contribution >= 0.6 is 11.6 Å². The average molecular weight is 700 g/mol. The third-order valence-corrected chi connectivity index (χ3v) is 12.5. The maximum Gasteiger partial charge on any atom is 0.315 e. The standard InChI is InChI=1S/C41H50ClN3O5/c42-35-11-9-34(10-12-35)41(48)13-15-45(16-14-41)25-36-20-37(32-5-3-28(26-46)4-6-32)50-38(49-36)33-7-1-27(2-8-33)24-43-39(47)44-40-21-29-17-30(22-40)19-31(18-29)23-40/h1-12,29-31,36-38,46,48H,13-26H2,(H2,43,44,47)/t29?,30?,31?,36-,37+,38+,40?/m1/s1. The van der Waals surface area contributed by atoms with Crippen molar-refractivity contribution in [2.45, 2.75) is 101 Å². The van der Waals surface area contributed by atoms with Crippen LogP contribution in [0.5, 0.6) is 0 Å². The van der Waals surface area contributed by atoms with Crippen LogP contribution in [-0.2, 0) is 28.2 Å². The molecule has 2 saturated heterocycles. The van der Waals surface area contributed by atoms with Gasteiger partial charge < -0.3 is 35.2 Å². The third kappa shape index (κ3) is 7.48. The van der Waals surface area contributed by atoms with E-state index in [2.05, 4.69) is 15.5 Å². The van der Waals surface area contributed by atoms with Crippen molar-refractivity contribution >= 4 is 17.6 Å². The van der Waals surface area contributed by atoms with Gasteiger partial charge >= 0.3 is 6.03 Å². The zero-order chi connectivity index (χ0) is 34.3. The number of amides is 2. The lowest BCUT2D eigenvalue weighted by Crippen LogP contribution is -2.61. The number of likely N-dealkylation sites (tertiary alicyclic amines) is 1. The van der Waals surface area contributed by atoms with E-state index in [1.165, 1.54) is 19.3 Å². The highest BCUT2D eigenvalue weighted by Gasteiger charge is 2.51. The van der Waals surface area contributed by atoms with Crippen LogP contribution in [0.4, 0.5) is 4.79 Å². The van der Waals surface area contributed by atoms with E-state index in [1.54, 1.807) is 0 Å². The highest BCUT2D eigenvalue weighted by atomic mass is 35.5. The van der Waals surface area contributed by atoms with Gasteiger partial charge in [0.15, 0.2) is 6.29 Å². The lowest BCUT2D eigenvalue weighted by atomic mass is 9.53. The molecule has 50 heavy (non-hydrogen) atoms. The molecule has 2 aliphatic heterocycles. The first-order valence-electron chi connectivity index (χ1n) is 18.6. The Morgan fingerprint density at radius 2 is 1.40 bits per heavy atom. The SMILES string of the molecule is O=C(NCc1ccc([C@H]2O[C@@H](CN3CCC(O)(c4ccc(Cl)cc4)CC3)C[C@@H](c3ccc(CO)cc3)O2)cc1)NC12CC3CC(CC(C3)C1)C2. The number of nitrogens with one attached hydrogen (secondary N) is 2. The van der Waals surface area contributed by atoms with Crippen LogP contribution in [0.25, 0.3) is 0 Å². The topological polar surface area (TPSA) is 103 Å². The van der Waals surface area contributed by atoms with Crippen LogP contribution in [0.3, 0.4) is 0 Å². The van der Waals surface area contributed by atoms with E-state index in [0.717, 1.165) is 84.5 Å². The first kappa shape index (κ1) is 34.1. The third-order valence-electron chi connectivity index (χ3n) is 12.3. The van der Waals surface area contributed by atoms with E-state index in [4.69, 9.17) is 21.1 Å². The van der Waals surface area contributed by atoms with Gasteiger partial charge in [-0.25, -0.2) is 4.79 Å². The molecular formula is C41H50ClN3O5. The lowest BCUT2D eigenvalue weighted by Gasteiger charge is -2.56. The molecule has 9 heteroatoms. The molecule has 4 saturated carbocycles. The molecule has 3 aromatic rings. The van der Waals surface area contributed by atoms with E-state index in [0.29, 0.717) is 30.8 Å². The second kappa shape index (κ2) is 14.2. The van der Waals surface area contributed by atoms with Crippen LogP contribution in [0.15, 0.2) is 72.8 Å². The fourth-order valence-corrected chi connectivity index (χ4v) is 10.1. The molecule has 8 nitrogen and oxygen atoms in total. The summed E-state index contributed by atoms with van der Waals surface area (Å²) >= 11 is 6.09. The number of carbonyl (C=O) groups excluding carboxylic acids is 1. The summed E-state index contributed by atoms with van der Waals surface area (Å²) in [6.45, 7) is 2.73. The van der Waals surface area contributed by atoms with Gasteiger partial charge in [-0.2, -0.15) is 0 Å². The molecule has 9 rings (SSSR count). The Morgan fingerprint density at radius 3 is 2.02 bits per heavy atom. The normalized spacial score (nSPS) is 31.7. The second-order valence-corrected chi connectivity index (χ2v) is 16.4. The number of rotatable bonds is 9. The summed E-state index contributed by atoms with van der Waals surface area (Å²) in [5.74, 6) is 2.37. The maximum atomic E-state index is 13.0. The number of aliphatic hydroxyl groups is 2. The molecule has 0 spiro atoms. The van der Waals surface area contributed by atoms with Gasteiger partial charge in [-0.3, -0.25) is 0 Å². The van der Waals surface area contributed by atoms with Crippen molar-refractivity contribution < 1.29 is 24.5 Å². The molecule has 4 N–H and O–H groups in total. The fourth-order valence-electron chi connectivity index (χ4n) is 10.00. The highest BCUT2D eigenvalue weighted by Crippen LogP contribution is 2.55. The molecule has 0 radical (unpaired) electrons. The minimum atomic E-state index is -0.858. The van der Waals surface area contributed by atoms with E-state index in [-0.39, 0.29) is 30.4 Å². The minimum Gasteiger partial charge on any atom is -0.392 e. The fraction of sp³-hybridized carbons (Fsp3) is 0.537. The molecule has 0 unspecified atom stereocenters. The molecule has 266 valence electrons. The van der Waals surface area contributed by atoms with Crippen molar-refractivity contribution in [3.8, 4) is 0 Å². The molecule has 6 aliphatic rings. The van der Waals surface area contributed by atoms with Gasteiger partial charge in [0, 0.05) is 48.7 Å². The minimum absolute atomic E-state index is 0.00261. The molecule has 2 amide bonds. The van der Waals surface area contributed by atoms with Gasteiger partial charge in [0.25, 0.3) is 0 Å². The summed E-state index contributed by atoms with van der Waals surface area (Å²) in [7, 11) is 0. The molecule has 3 aromatic carbocycles. The van der Waals surface area contributed by atoms with Gasteiger partial charge in [0.2, 0.25) is 0 Å². The van der Waals surface area contributed by atoms with E-state index in [9.17, 15) is 15.0 Å². The molecule has 6 fully saturated rings. The number of carbonyl (C=O) groups is 1. The second-order valence-electron chi connectivity index (χ2n) is 15.9. The summed E-state index contributed by atoms with van der Waals surface area (Å²) in [5, 5.41) is 28.2. The lowest BCUT2D eigenvalue weighted by molar-refractivity contribution is -0.253. The predicted octanol–water partition coefficient (Wildman–Crippen LogP) is 7.13. The number of benzene rings is 3. The zero-order valence-corrected chi connectivity index (χ0v) is 29.5. The van der Waals surface area contributed by atoms with Crippen LogP contribution in [0.1, 0.15) is 98.0 Å². The number of urea groups is 1. The summed E-state index contributed by atoms with van der Waals surface area (Å²) in [5.41, 5.74) is 3.94. The van der Waals surface area contributed by atoms with Crippen molar-refractivity contribution in [1.82, 2.24) is 15.5 Å². The number of hydrogen-bond acceptors (Lipinski definition) is 6. The predicted molar refractivity (Wildman–Crippen MR) is 192 cm³/mol. The Labute approximate surface area is 300 Å². The Balaban J connectivity index is 0.900. The van der Waals surface area contributed by atoms with Crippen molar-refractivity contribution in [3.63, 3.8) is 0 Å². The number of halogens is 1. The maximum absolute atomic E-state index is 13.0. The van der Waals surface area contributed by atoms with E-state index in [1.807, 2.05) is 72.8 Å². The summed E-state index contributed by atoms with van der Waals surface area (Å²) < 4.78 is 13.2. The van der Waals surface area contributed by atoms with Gasteiger partial charge in [-0.05, 0) is 104 Å². The molecule has 4 bridgehead atoms. The van der Waals surface area contributed by atoms with Crippen molar-refractivity contribution in [3.05, 3.63) is 106 Å². The van der Waals surface area contributed by atoms with E-state index < -0.39 is 11.9 Å². The van der Waals surface area contributed by atoms with E-state index >= 15 is 0 Å². The molecule has 0 aromatic heterocycles. The first-order chi connectivity index (χ1) is 24.2. The zero-order valence-electron chi connectivity index (χ0n) is 28.7. The molecule has 3 atom stereocenters. The summed E-state index contributed by atoms with van der Waals surface area (Å²) in [6, 6.07) is 23.6. The monoisotopic (exact) mass is 699 g/mol. The highest BCUT2D eigenvalue weighted by molar-refractivity contribution is 6.30. The number of ether oxygens (including phenoxy) is 2. The van der Waals surface area contributed by atoms with Crippen molar-refractivity contribution in [2.24, 2.45) is 17.8 Å². The summed E-state index contributed by atoms with van der Waals surface area (Å²) in [6.07, 6.45) is 8.68. The van der Waals surface area contributed by atoms with Crippen molar-refractivity contribution in [1.29, 1.82) is 0 Å². The number of nitrogens with zero attached hydrogens (tertiary/aromatic N) is 1. The number of aliphatic hydroxyl groups excluding tert-OH is 1. The Kier molecular flexibility index (Phi) is 9.70. The van der Waals surface area contributed by atoms with Gasteiger partial charge in [0.1, 0.15) is 0 Å². The van der Waals surface area contributed by atoms with Gasteiger partial charge in [-0.1, -0.05) is 72.3 Å². The van der Waals surface area contributed by atoms with Crippen LogP contribution in [0.2, 0.25) is 5.02 Å². The number of hydrogen-bond donors (Lipinski definition) is 4. The van der Waals surface area contributed by atoms with Crippen LogP contribution < -0.4 is 10.6 Å². The average Bonchev–Trinajstić information content (AvgIpc) is 3.11. The summed E-state index contributed by atoms with van der Waals surface area (Å²) in [4.78, 5) is 15.4. The van der Waals surface area contributed by atoms with Crippen LogP contribution in [0, 0.1) is 17.8 Å². The Morgan fingerprint density at radius 1 is 0.800 bits per heavy atom. The Bertz CT molecular complexity index is 1590. The first-order valence-corrected chi connectivity index (χ1v) is 19.0. The van der Waals surface area contributed by atoms with Crippen molar-refractivity contribution in [2.75, 3.05) is 19.6 Å². The van der Waals surface area contributed by atoms with Gasteiger partial charge in [-0.15, -0.1) is 0 Å². The largest absolute Gasteiger partial charge is 0.392 e. The van der Waals surface area contributed by atoms with Gasteiger partial charge in [0.05, 0.1) is 24.4 Å². The quantitative estimate of drug-likeness (QED) is 0.190. The van der Waals surface area contributed by atoms with Crippen LogP contribution in [-0.4, -0.2) is 52.4 Å². The molecule has 4 aliphatic carbocycles. The molecule has 2 heterocycles. The number of piperidine rings is 1.